The number of amides is 2. The second-order valence-corrected chi connectivity index (χ2v) is 17.1. The molecule has 65 heavy (non-hydrogen) atoms. The number of hydrogen-bond acceptors (Lipinski definition) is 14. The molecule has 2 fully saturated rings. The molecule has 2 unspecified atom stereocenters. The number of aromatic amines is 1. The molecule has 4 aromatic rings. The second kappa shape index (κ2) is 19.4. The fourth-order valence-corrected chi connectivity index (χ4v) is 9.00. The number of fused-ring (bicyclic) bond motifs is 5. The number of carbonyl (C=O) groups excluding carboxylic acids is 4. The van der Waals surface area contributed by atoms with Crippen molar-refractivity contribution in [2.24, 2.45) is 11.8 Å². The third-order valence-corrected chi connectivity index (χ3v) is 12.5. The minimum absolute atomic E-state index is 0. The molecule has 0 saturated carbocycles. The summed E-state index contributed by atoms with van der Waals surface area (Å²) in [5.74, 6) is -3.56. The van der Waals surface area contributed by atoms with E-state index < -0.39 is 84.1 Å². The molecule has 8 rings (SSSR count). The third-order valence-electron chi connectivity index (χ3n) is 12.3. The fourth-order valence-electron chi connectivity index (χ4n) is 8.74. The molecule has 346 valence electrons. The van der Waals surface area contributed by atoms with Gasteiger partial charge in [-0.25, -0.2) is 19.6 Å². The molecule has 20 heteroatoms. The highest BCUT2D eigenvalue weighted by atomic mass is 35.5. The molecule has 0 aliphatic carbocycles. The van der Waals surface area contributed by atoms with E-state index in [1.54, 1.807) is 63.1 Å². The molecule has 0 radical (unpaired) electrons. The lowest BCUT2D eigenvalue weighted by Gasteiger charge is -2.44. The Morgan fingerprint density at radius 2 is 1.85 bits per heavy atom. The highest BCUT2D eigenvalue weighted by molar-refractivity contribution is 7.80. The minimum Gasteiger partial charge on any atom is -0.462 e. The zero-order valence-corrected chi connectivity index (χ0v) is 37.9. The molecule has 0 spiro atoms. The van der Waals surface area contributed by atoms with Crippen LogP contribution in [0.5, 0.6) is 5.75 Å². The zero-order chi connectivity index (χ0) is 45.4. The van der Waals surface area contributed by atoms with E-state index in [4.69, 9.17) is 40.9 Å². The molecule has 0 bridgehead atoms. The lowest BCUT2D eigenvalue weighted by Crippen LogP contribution is -2.60. The van der Waals surface area contributed by atoms with Crippen molar-refractivity contribution < 1.29 is 53.1 Å². The monoisotopic (exact) mass is 933 g/mol. The average Bonchev–Trinajstić information content (AvgIpc) is 3.93. The van der Waals surface area contributed by atoms with Gasteiger partial charge in [-0.2, -0.15) is 0 Å². The number of carbonyl (C=O) groups is 4. The fraction of sp³-hybridized carbons (Fsp3) is 0.444. The van der Waals surface area contributed by atoms with Crippen molar-refractivity contribution in [3.63, 3.8) is 0 Å². The summed E-state index contributed by atoms with van der Waals surface area (Å²) in [4.78, 5) is 70.2. The summed E-state index contributed by atoms with van der Waals surface area (Å²) in [6, 6.07) is 13.4. The lowest BCUT2D eigenvalue weighted by molar-refractivity contribution is -0.272. The number of aliphatic hydroxyl groups is 2. The largest absolute Gasteiger partial charge is 0.462 e. The maximum Gasteiger partial charge on any atom is 0.355 e. The molecule has 2 aromatic heterocycles. The van der Waals surface area contributed by atoms with Crippen LogP contribution in [0.3, 0.4) is 0 Å². The van der Waals surface area contributed by atoms with Crippen LogP contribution in [-0.2, 0) is 51.1 Å². The predicted molar refractivity (Wildman–Crippen MR) is 240 cm³/mol. The van der Waals surface area contributed by atoms with Crippen LogP contribution in [0.15, 0.2) is 78.8 Å². The van der Waals surface area contributed by atoms with E-state index in [0.717, 1.165) is 16.5 Å². The average molecular weight is 934 g/mol. The Hall–Kier alpha value is -5.70. The minimum atomic E-state index is -1.94. The summed E-state index contributed by atoms with van der Waals surface area (Å²) in [7, 11) is 1.39. The van der Waals surface area contributed by atoms with Gasteiger partial charge in [0, 0.05) is 43.0 Å². The summed E-state index contributed by atoms with van der Waals surface area (Å²) >= 11 is 5.63. The van der Waals surface area contributed by atoms with Gasteiger partial charge in [0.2, 0.25) is 23.7 Å². The van der Waals surface area contributed by atoms with Crippen LogP contribution in [0.4, 0.5) is 5.69 Å². The first-order valence-electron chi connectivity index (χ1n) is 21.2. The number of thiocarbonyl (C=S) groups is 1. The van der Waals surface area contributed by atoms with Gasteiger partial charge in [-0.3, -0.25) is 9.59 Å². The van der Waals surface area contributed by atoms with Crippen LogP contribution in [0, 0.1) is 11.8 Å². The normalized spacial score (nSPS) is 26.6. The number of methoxy groups -OCH3 is 1. The summed E-state index contributed by atoms with van der Waals surface area (Å²) in [5, 5.41) is 30.9. The third kappa shape index (κ3) is 9.26. The number of pyridine rings is 1. The maximum atomic E-state index is 14.4. The number of rotatable bonds is 13. The van der Waals surface area contributed by atoms with Crippen molar-refractivity contribution >= 4 is 70.1 Å². The van der Waals surface area contributed by atoms with Crippen LogP contribution in [0.2, 0.25) is 0 Å². The van der Waals surface area contributed by atoms with Gasteiger partial charge in [0.25, 0.3) is 0 Å². The molecule has 2 amide bonds. The van der Waals surface area contributed by atoms with Crippen LogP contribution in [0.1, 0.15) is 57.1 Å². The number of ether oxygens (including phenoxy) is 5. The molecule has 2 saturated heterocycles. The number of hydrogen-bond donors (Lipinski definition) is 6. The lowest BCUT2D eigenvalue weighted by atomic mass is 9.76. The number of cyclic esters (lactones) is 1. The van der Waals surface area contributed by atoms with Crippen LogP contribution >= 0.6 is 24.6 Å². The van der Waals surface area contributed by atoms with Crippen molar-refractivity contribution in [3.05, 3.63) is 95.7 Å². The van der Waals surface area contributed by atoms with E-state index in [2.05, 4.69) is 25.9 Å². The van der Waals surface area contributed by atoms with Crippen LogP contribution < -0.4 is 20.7 Å². The predicted octanol–water partition coefficient (Wildman–Crippen LogP) is 3.17. The summed E-state index contributed by atoms with van der Waals surface area (Å²) in [6.07, 6.45) is -0.0124. The smallest absolute Gasteiger partial charge is 0.355 e. The Kier molecular flexibility index (Phi) is 14.1. The second-order valence-electron chi connectivity index (χ2n) is 16.7. The summed E-state index contributed by atoms with van der Waals surface area (Å²) in [5.41, 5.74) is 1.89. The standard InChI is InChI=1S/C45H51N7O11S.ClH/c1-6-45(30-17-33-35-25(15-24-9-7-8-10-31(24)49-35)19-52(33)40(56)29(30)20-60-43(45)58)63-41(57)34(22(2)3)51-39(55)32(16-27-18-46-21-47-27)50-44(64)48-26-11-13-28(14-12-26)62-42-37(54)38(59-5)36(53)23(4)61-42;/h7-15,17-18,21-23,29,32-34,36-38,42,53-54H,6,16,19-20H2,1-5H3,(H,46,47)(H,51,55)(H2,48,50,64);1H/t23-,29?,32-,33?,34+,36+,37-,38+,42+,45-;/m0./s1. The van der Waals surface area contributed by atoms with Gasteiger partial charge in [-0.1, -0.05) is 45.0 Å². The molecule has 6 N–H and O–H groups in total. The number of nitrogens with one attached hydrogen (secondary N) is 4. The Morgan fingerprint density at radius 1 is 1.09 bits per heavy atom. The molecule has 4 aliphatic rings. The van der Waals surface area contributed by atoms with Crippen molar-refractivity contribution in [1.29, 1.82) is 0 Å². The molecule has 2 aromatic carbocycles. The number of aliphatic hydroxyl groups excluding tert-OH is 2. The number of H-pyrrole nitrogens is 1. The van der Waals surface area contributed by atoms with Gasteiger partial charge in [0.05, 0.1) is 35.6 Å². The first-order chi connectivity index (χ1) is 30.7. The molecule has 4 aliphatic heterocycles. The van der Waals surface area contributed by atoms with Gasteiger partial charge in [-0.15, -0.1) is 12.4 Å². The first kappa shape index (κ1) is 47.3. The summed E-state index contributed by atoms with van der Waals surface area (Å²) < 4.78 is 28.6. The van der Waals surface area contributed by atoms with Crippen molar-refractivity contribution in [2.75, 3.05) is 19.0 Å². The number of imidazole rings is 1. The van der Waals surface area contributed by atoms with Gasteiger partial charge >= 0.3 is 11.9 Å². The van der Waals surface area contributed by atoms with Crippen LogP contribution in [-0.4, -0.2) is 121 Å². The zero-order valence-electron chi connectivity index (χ0n) is 36.3. The Morgan fingerprint density at radius 3 is 2.54 bits per heavy atom. The summed E-state index contributed by atoms with van der Waals surface area (Å²) in [6.45, 7) is 6.94. The van der Waals surface area contributed by atoms with E-state index in [1.165, 1.54) is 13.4 Å². The Labute approximate surface area is 386 Å². The SMILES string of the molecule is CC[C@@]1(OC(=O)[C@H](NC(=O)[C@H](Cc2cnc[nH]2)NC(=S)Nc2ccc(O[C@H]3O[C@@H](C)[C@@H](O)[C@@H](OC)[C@@H]3O)cc2)C(C)C)C(=O)OCC2C(=O)N3Cc4cc5ccccc5nc4C3C=C21.Cl. The van der Waals surface area contributed by atoms with Crippen molar-refractivity contribution in [1.82, 2.24) is 30.5 Å². The van der Waals surface area contributed by atoms with Crippen molar-refractivity contribution in [3.8, 4) is 5.75 Å². The molecular weight excluding hydrogens is 882 g/mol. The maximum absolute atomic E-state index is 14.4. The van der Waals surface area contributed by atoms with Gasteiger partial charge in [0.15, 0.2) is 5.11 Å². The molecule has 18 nitrogen and oxygen atoms in total. The van der Waals surface area contributed by atoms with E-state index in [0.29, 0.717) is 34.9 Å². The van der Waals surface area contributed by atoms with Gasteiger partial charge < -0.3 is 59.7 Å². The molecular formula is C45H52ClN7O11S. The van der Waals surface area contributed by atoms with E-state index in [9.17, 15) is 29.4 Å². The Bertz CT molecular complexity index is 2460. The quantitative estimate of drug-likeness (QED) is 0.0642. The van der Waals surface area contributed by atoms with E-state index in [-0.39, 0.29) is 42.9 Å². The number of benzene rings is 2. The highest BCUT2D eigenvalue weighted by Crippen LogP contribution is 2.47. The number of para-hydroxylation sites is 1. The highest BCUT2D eigenvalue weighted by Gasteiger charge is 2.58. The number of esters is 2. The number of nitrogens with zero attached hydrogens (tertiary/aromatic N) is 3. The van der Waals surface area contributed by atoms with Crippen LogP contribution in [0.25, 0.3) is 10.9 Å². The number of halogens is 1. The Balaban J connectivity index is 0.00000630. The van der Waals surface area contributed by atoms with E-state index in [1.807, 2.05) is 36.4 Å². The topological polar surface area (TPSA) is 236 Å². The van der Waals surface area contributed by atoms with E-state index >= 15 is 0 Å². The van der Waals surface area contributed by atoms with Gasteiger partial charge in [-0.05, 0) is 79.0 Å². The number of anilines is 1. The molecule has 6 heterocycles. The van der Waals surface area contributed by atoms with Crippen molar-refractivity contribution in [2.45, 2.75) is 102 Å². The number of aromatic nitrogens is 3. The first-order valence-corrected chi connectivity index (χ1v) is 21.6. The molecule has 10 atom stereocenters. The van der Waals surface area contributed by atoms with Gasteiger partial charge in [0.1, 0.15) is 42.8 Å².